The molecule has 0 aliphatic rings. The van der Waals surface area contributed by atoms with Crippen molar-refractivity contribution in [3.05, 3.63) is 59.7 Å². The standard InChI is InChI=1S/C20H24N2O3/c1-19(2,17(21)23)13-5-9-15(10-6-13)25-16-11-7-14(8-12-16)20(3,4)18(22)24/h5-12H,1-4H3,(H2,21,23)(H2,22,24). The molecule has 0 aromatic heterocycles. The fourth-order valence-corrected chi connectivity index (χ4v) is 2.30. The van der Waals surface area contributed by atoms with Gasteiger partial charge in [-0.2, -0.15) is 0 Å². The smallest absolute Gasteiger partial charge is 0.227 e. The van der Waals surface area contributed by atoms with Crippen molar-refractivity contribution in [3.63, 3.8) is 0 Å². The van der Waals surface area contributed by atoms with Gasteiger partial charge < -0.3 is 16.2 Å². The average Bonchev–Trinajstić information content (AvgIpc) is 2.55. The van der Waals surface area contributed by atoms with Gasteiger partial charge in [-0.05, 0) is 63.1 Å². The van der Waals surface area contributed by atoms with E-state index in [1.807, 2.05) is 24.3 Å². The van der Waals surface area contributed by atoms with Crippen molar-refractivity contribution in [3.8, 4) is 11.5 Å². The van der Waals surface area contributed by atoms with Gasteiger partial charge in [-0.15, -0.1) is 0 Å². The average molecular weight is 340 g/mol. The number of ether oxygens (including phenoxy) is 1. The van der Waals surface area contributed by atoms with Gasteiger partial charge in [0.2, 0.25) is 11.8 Å². The normalized spacial score (nSPS) is 11.8. The van der Waals surface area contributed by atoms with Crippen LogP contribution in [0.3, 0.4) is 0 Å². The third-order valence-electron chi connectivity index (χ3n) is 4.62. The zero-order valence-electron chi connectivity index (χ0n) is 15.0. The molecule has 0 unspecified atom stereocenters. The van der Waals surface area contributed by atoms with Crippen molar-refractivity contribution in [2.24, 2.45) is 11.5 Å². The topological polar surface area (TPSA) is 95.4 Å². The lowest BCUT2D eigenvalue weighted by molar-refractivity contribution is -0.123. The molecule has 2 aromatic carbocycles. The molecule has 5 heteroatoms. The Morgan fingerprint density at radius 3 is 1.20 bits per heavy atom. The third kappa shape index (κ3) is 3.82. The maximum Gasteiger partial charge on any atom is 0.227 e. The van der Waals surface area contributed by atoms with Gasteiger partial charge in [-0.1, -0.05) is 24.3 Å². The van der Waals surface area contributed by atoms with Gasteiger partial charge in [0.05, 0.1) is 10.8 Å². The molecule has 2 rings (SSSR count). The molecule has 25 heavy (non-hydrogen) atoms. The molecule has 0 aliphatic carbocycles. The molecule has 0 atom stereocenters. The van der Waals surface area contributed by atoms with Crippen LogP contribution in [0.15, 0.2) is 48.5 Å². The van der Waals surface area contributed by atoms with Crippen LogP contribution in [0, 0.1) is 0 Å². The van der Waals surface area contributed by atoms with Crippen LogP contribution in [-0.4, -0.2) is 11.8 Å². The number of primary amides is 2. The van der Waals surface area contributed by atoms with E-state index in [0.717, 1.165) is 11.1 Å². The van der Waals surface area contributed by atoms with Crippen molar-refractivity contribution < 1.29 is 14.3 Å². The minimum atomic E-state index is -0.736. The maximum absolute atomic E-state index is 11.5. The monoisotopic (exact) mass is 340 g/mol. The quantitative estimate of drug-likeness (QED) is 0.846. The largest absolute Gasteiger partial charge is 0.457 e. The molecule has 0 bridgehead atoms. The lowest BCUT2D eigenvalue weighted by Gasteiger charge is -2.22. The maximum atomic E-state index is 11.5. The predicted molar refractivity (Wildman–Crippen MR) is 97.4 cm³/mol. The molecular weight excluding hydrogens is 316 g/mol. The highest BCUT2D eigenvalue weighted by Gasteiger charge is 2.28. The molecule has 0 heterocycles. The summed E-state index contributed by atoms with van der Waals surface area (Å²) in [5.41, 5.74) is 11.0. The first-order chi connectivity index (χ1) is 11.5. The predicted octanol–water partition coefficient (Wildman–Crippen LogP) is 3.00. The van der Waals surface area contributed by atoms with E-state index in [2.05, 4.69) is 0 Å². The molecule has 4 N–H and O–H groups in total. The molecule has 0 radical (unpaired) electrons. The number of carbonyl (C=O) groups is 2. The minimum absolute atomic E-state index is 0.381. The Kier molecular flexibility index (Phi) is 4.88. The van der Waals surface area contributed by atoms with Crippen LogP contribution in [0.25, 0.3) is 0 Å². The Hall–Kier alpha value is -2.82. The zero-order chi connectivity index (χ0) is 18.8. The van der Waals surface area contributed by atoms with Crippen molar-refractivity contribution in [2.75, 3.05) is 0 Å². The first-order valence-corrected chi connectivity index (χ1v) is 8.04. The Bertz CT molecular complexity index is 708. The second-order valence-electron chi connectivity index (χ2n) is 7.13. The second kappa shape index (κ2) is 6.59. The molecule has 132 valence electrons. The third-order valence-corrected chi connectivity index (χ3v) is 4.62. The SMILES string of the molecule is CC(C)(C(N)=O)c1ccc(Oc2ccc(C(C)(C)C(N)=O)cc2)cc1. The lowest BCUT2D eigenvalue weighted by atomic mass is 9.84. The number of hydrogen-bond donors (Lipinski definition) is 2. The Morgan fingerprint density at radius 1 is 0.680 bits per heavy atom. The van der Waals surface area contributed by atoms with Crippen LogP contribution in [0.5, 0.6) is 11.5 Å². The first kappa shape index (κ1) is 18.5. The summed E-state index contributed by atoms with van der Waals surface area (Å²) in [4.78, 5) is 23.0. The highest BCUT2D eigenvalue weighted by molar-refractivity contribution is 5.86. The molecule has 0 fully saturated rings. The number of rotatable bonds is 6. The number of carbonyl (C=O) groups excluding carboxylic acids is 2. The van der Waals surface area contributed by atoms with Gasteiger partial charge in [-0.3, -0.25) is 9.59 Å². The lowest BCUT2D eigenvalue weighted by Crippen LogP contribution is -2.35. The summed E-state index contributed by atoms with van der Waals surface area (Å²) >= 11 is 0. The summed E-state index contributed by atoms with van der Waals surface area (Å²) in [6.07, 6.45) is 0. The summed E-state index contributed by atoms with van der Waals surface area (Å²) < 4.78 is 5.80. The highest BCUT2D eigenvalue weighted by atomic mass is 16.5. The number of amides is 2. The van der Waals surface area contributed by atoms with Gasteiger partial charge in [-0.25, -0.2) is 0 Å². The summed E-state index contributed by atoms with van der Waals surface area (Å²) in [5.74, 6) is 0.527. The van der Waals surface area contributed by atoms with E-state index in [0.29, 0.717) is 11.5 Å². The molecule has 0 spiro atoms. The molecular formula is C20H24N2O3. The van der Waals surface area contributed by atoms with E-state index in [9.17, 15) is 9.59 Å². The molecule has 2 aromatic rings. The van der Waals surface area contributed by atoms with Gasteiger partial charge in [0.1, 0.15) is 11.5 Å². The molecule has 0 aliphatic heterocycles. The molecule has 0 saturated carbocycles. The van der Waals surface area contributed by atoms with Crippen molar-refractivity contribution >= 4 is 11.8 Å². The molecule has 5 nitrogen and oxygen atoms in total. The van der Waals surface area contributed by atoms with Crippen LogP contribution in [0.4, 0.5) is 0 Å². The molecule has 0 saturated heterocycles. The number of hydrogen-bond acceptors (Lipinski definition) is 3. The van der Waals surface area contributed by atoms with Gasteiger partial charge >= 0.3 is 0 Å². The fourth-order valence-electron chi connectivity index (χ4n) is 2.30. The highest BCUT2D eigenvalue weighted by Crippen LogP contribution is 2.29. The van der Waals surface area contributed by atoms with Crippen LogP contribution in [-0.2, 0) is 20.4 Å². The van der Waals surface area contributed by atoms with Gasteiger partial charge in [0, 0.05) is 0 Å². The Labute approximate surface area is 148 Å². The van der Waals surface area contributed by atoms with E-state index in [1.165, 1.54) is 0 Å². The first-order valence-electron chi connectivity index (χ1n) is 8.04. The van der Waals surface area contributed by atoms with Crippen LogP contribution in [0.2, 0.25) is 0 Å². The van der Waals surface area contributed by atoms with E-state index in [1.54, 1.807) is 52.0 Å². The zero-order valence-corrected chi connectivity index (χ0v) is 15.0. The Balaban J connectivity index is 2.15. The van der Waals surface area contributed by atoms with E-state index >= 15 is 0 Å². The number of nitrogens with two attached hydrogens (primary N) is 2. The summed E-state index contributed by atoms with van der Waals surface area (Å²) in [7, 11) is 0. The Morgan fingerprint density at radius 2 is 0.960 bits per heavy atom. The van der Waals surface area contributed by atoms with Crippen molar-refractivity contribution in [2.45, 2.75) is 38.5 Å². The van der Waals surface area contributed by atoms with E-state index < -0.39 is 10.8 Å². The van der Waals surface area contributed by atoms with Crippen LogP contribution >= 0.6 is 0 Å². The van der Waals surface area contributed by atoms with Crippen LogP contribution in [0.1, 0.15) is 38.8 Å². The van der Waals surface area contributed by atoms with Crippen molar-refractivity contribution in [1.82, 2.24) is 0 Å². The molecule has 2 amide bonds. The van der Waals surface area contributed by atoms with Crippen molar-refractivity contribution in [1.29, 1.82) is 0 Å². The van der Waals surface area contributed by atoms with Gasteiger partial charge in [0.15, 0.2) is 0 Å². The van der Waals surface area contributed by atoms with E-state index in [4.69, 9.17) is 16.2 Å². The second-order valence-corrected chi connectivity index (χ2v) is 7.13. The fraction of sp³-hybridized carbons (Fsp3) is 0.300. The summed E-state index contributed by atoms with van der Waals surface area (Å²) in [5, 5.41) is 0. The van der Waals surface area contributed by atoms with Crippen LogP contribution < -0.4 is 16.2 Å². The summed E-state index contributed by atoms with van der Waals surface area (Å²) in [6.45, 7) is 7.13. The van der Waals surface area contributed by atoms with E-state index in [-0.39, 0.29) is 11.8 Å². The van der Waals surface area contributed by atoms with Gasteiger partial charge in [0.25, 0.3) is 0 Å². The number of benzene rings is 2. The minimum Gasteiger partial charge on any atom is -0.457 e. The summed E-state index contributed by atoms with van der Waals surface area (Å²) in [6, 6.07) is 14.5.